The highest BCUT2D eigenvalue weighted by Crippen LogP contribution is 2.23. The summed E-state index contributed by atoms with van der Waals surface area (Å²) >= 11 is 0. The maximum Gasteiger partial charge on any atom is 0.251 e. The van der Waals surface area contributed by atoms with Crippen LogP contribution < -0.4 is 11.1 Å². The average Bonchev–Trinajstić information content (AvgIpc) is 2.27. The summed E-state index contributed by atoms with van der Waals surface area (Å²) in [6.45, 7) is 2.73. The molecule has 1 aromatic carbocycles. The van der Waals surface area contributed by atoms with Crippen molar-refractivity contribution in [1.29, 1.82) is 0 Å². The first kappa shape index (κ1) is 11.9. The summed E-state index contributed by atoms with van der Waals surface area (Å²) in [5.41, 5.74) is 6.89. The topological polar surface area (TPSA) is 64.3 Å². The third-order valence-corrected chi connectivity index (χ3v) is 3.01. The van der Waals surface area contributed by atoms with E-state index in [9.17, 15) is 4.79 Å². The molecule has 0 unspecified atom stereocenters. The Morgan fingerprint density at radius 2 is 2.06 bits per heavy atom. The summed E-state index contributed by atoms with van der Waals surface area (Å²) in [5, 5.41) is 2.98. The van der Waals surface area contributed by atoms with Gasteiger partial charge in [0.2, 0.25) is 0 Å². The quantitative estimate of drug-likeness (QED) is 0.777. The van der Waals surface area contributed by atoms with Gasteiger partial charge in [0.1, 0.15) is 0 Å². The molecular formula is C13H18N2O2. The molecule has 0 spiro atoms. The first-order valence-corrected chi connectivity index (χ1v) is 5.97. The normalized spacial score (nSPS) is 22.9. The summed E-state index contributed by atoms with van der Waals surface area (Å²) in [6, 6.07) is 7.20. The second kappa shape index (κ2) is 5.19. The fraction of sp³-hybridized carbons (Fsp3) is 0.462. The number of anilines is 1. The molecule has 0 aliphatic heterocycles. The maximum absolute atomic E-state index is 11.8. The number of ether oxygens (including phenoxy) is 1. The first-order chi connectivity index (χ1) is 8.19. The molecule has 4 nitrogen and oxygen atoms in total. The van der Waals surface area contributed by atoms with Crippen molar-refractivity contribution < 1.29 is 9.53 Å². The van der Waals surface area contributed by atoms with E-state index in [1.165, 1.54) is 0 Å². The molecule has 1 saturated carbocycles. The van der Waals surface area contributed by atoms with Gasteiger partial charge in [-0.05, 0) is 44.0 Å². The van der Waals surface area contributed by atoms with E-state index in [4.69, 9.17) is 10.5 Å². The number of benzene rings is 1. The highest BCUT2D eigenvalue weighted by atomic mass is 16.5. The van der Waals surface area contributed by atoms with Crippen LogP contribution in [0.5, 0.6) is 0 Å². The molecule has 0 heterocycles. The Morgan fingerprint density at radius 1 is 1.41 bits per heavy atom. The third-order valence-electron chi connectivity index (χ3n) is 3.01. The van der Waals surface area contributed by atoms with Crippen molar-refractivity contribution in [3.8, 4) is 0 Å². The fourth-order valence-electron chi connectivity index (χ4n) is 1.96. The standard InChI is InChI=1S/C13H18N2O2/c1-2-17-12-7-11(8-12)15-13(16)9-3-5-10(14)6-4-9/h3-6,11-12H,2,7-8,14H2,1H3,(H,15,16). The molecule has 1 aliphatic carbocycles. The van der Waals surface area contributed by atoms with Gasteiger partial charge in [-0.1, -0.05) is 0 Å². The number of hydrogen-bond acceptors (Lipinski definition) is 3. The minimum absolute atomic E-state index is 0.0371. The number of carbonyl (C=O) groups excluding carboxylic acids is 1. The number of nitrogens with one attached hydrogen (secondary N) is 1. The fourth-order valence-corrected chi connectivity index (χ4v) is 1.96. The summed E-state index contributed by atoms with van der Waals surface area (Å²) in [4.78, 5) is 11.8. The zero-order valence-electron chi connectivity index (χ0n) is 9.98. The number of carbonyl (C=O) groups is 1. The van der Waals surface area contributed by atoms with Gasteiger partial charge in [0.25, 0.3) is 5.91 Å². The molecule has 0 saturated heterocycles. The molecular weight excluding hydrogens is 216 g/mol. The highest BCUT2D eigenvalue weighted by molar-refractivity contribution is 5.94. The van der Waals surface area contributed by atoms with Crippen molar-refractivity contribution in [2.45, 2.75) is 31.9 Å². The van der Waals surface area contributed by atoms with Crippen molar-refractivity contribution in [2.24, 2.45) is 0 Å². The lowest BCUT2D eigenvalue weighted by Crippen LogP contribution is -2.47. The molecule has 17 heavy (non-hydrogen) atoms. The number of nitrogens with two attached hydrogens (primary N) is 1. The molecule has 1 aromatic rings. The smallest absolute Gasteiger partial charge is 0.251 e. The first-order valence-electron chi connectivity index (χ1n) is 5.97. The molecule has 1 amide bonds. The molecule has 0 atom stereocenters. The number of amides is 1. The van der Waals surface area contributed by atoms with Crippen LogP contribution in [0.2, 0.25) is 0 Å². The van der Waals surface area contributed by atoms with E-state index >= 15 is 0 Å². The molecule has 4 heteroatoms. The van der Waals surface area contributed by atoms with Crippen LogP contribution in [0.1, 0.15) is 30.1 Å². The van der Waals surface area contributed by atoms with Crippen LogP contribution in [0.4, 0.5) is 5.69 Å². The summed E-state index contributed by atoms with van der Waals surface area (Å²) in [6.07, 6.45) is 2.14. The molecule has 0 aromatic heterocycles. The van der Waals surface area contributed by atoms with E-state index in [1.807, 2.05) is 6.92 Å². The summed E-state index contributed by atoms with van der Waals surface area (Å²) in [7, 11) is 0. The van der Waals surface area contributed by atoms with Gasteiger partial charge >= 0.3 is 0 Å². The molecule has 2 rings (SSSR count). The molecule has 3 N–H and O–H groups in total. The SMILES string of the molecule is CCOC1CC(NC(=O)c2ccc(N)cc2)C1. The van der Waals surface area contributed by atoms with Gasteiger partial charge in [0, 0.05) is 23.9 Å². The highest BCUT2D eigenvalue weighted by Gasteiger charge is 2.30. The minimum atomic E-state index is -0.0371. The van der Waals surface area contributed by atoms with Gasteiger partial charge in [0.05, 0.1) is 6.10 Å². The van der Waals surface area contributed by atoms with Crippen LogP contribution in [0, 0.1) is 0 Å². The maximum atomic E-state index is 11.8. The largest absolute Gasteiger partial charge is 0.399 e. The zero-order valence-corrected chi connectivity index (χ0v) is 9.98. The van der Waals surface area contributed by atoms with Crippen LogP contribution in [0.15, 0.2) is 24.3 Å². The number of nitrogen functional groups attached to an aromatic ring is 1. The van der Waals surface area contributed by atoms with E-state index in [0.717, 1.165) is 19.4 Å². The second-order valence-corrected chi connectivity index (χ2v) is 4.34. The summed E-state index contributed by atoms with van der Waals surface area (Å²) < 4.78 is 5.44. The Bertz CT molecular complexity index is 383. The number of rotatable bonds is 4. The van der Waals surface area contributed by atoms with E-state index in [0.29, 0.717) is 17.4 Å². The van der Waals surface area contributed by atoms with Gasteiger partial charge in [-0.2, -0.15) is 0 Å². The van der Waals surface area contributed by atoms with E-state index < -0.39 is 0 Å². The molecule has 92 valence electrons. The van der Waals surface area contributed by atoms with E-state index in [2.05, 4.69) is 5.32 Å². The predicted octanol–water partition coefficient (Wildman–Crippen LogP) is 1.57. The van der Waals surface area contributed by atoms with Crippen molar-refractivity contribution >= 4 is 11.6 Å². The van der Waals surface area contributed by atoms with Crippen LogP contribution in [0.25, 0.3) is 0 Å². The van der Waals surface area contributed by atoms with Gasteiger partial charge in [0.15, 0.2) is 0 Å². The lowest BCUT2D eigenvalue weighted by atomic mass is 9.89. The average molecular weight is 234 g/mol. The van der Waals surface area contributed by atoms with Crippen LogP contribution in [0.3, 0.4) is 0 Å². The van der Waals surface area contributed by atoms with Crippen molar-refractivity contribution in [1.82, 2.24) is 5.32 Å². The van der Waals surface area contributed by atoms with E-state index in [1.54, 1.807) is 24.3 Å². The van der Waals surface area contributed by atoms with Crippen LogP contribution in [-0.2, 0) is 4.74 Å². The molecule has 0 radical (unpaired) electrons. The molecule has 0 bridgehead atoms. The predicted molar refractivity (Wildman–Crippen MR) is 66.8 cm³/mol. The lowest BCUT2D eigenvalue weighted by Gasteiger charge is -2.35. The Hall–Kier alpha value is -1.55. The monoisotopic (exact) mass is 234 g/mol. The third kappa shape index (κ3) is 2.97. The molecule has 1 aliphatic rings. The van der Waals surface area contributed by atoms with Gasteiger partial charge < -0.3 is 15.8 Å². The lowest BCUT2D eigenvalue weighted by molar-refractivity contribution is -0.00862. The van der Waals surface area contributed by atoms with Crippen molar-refractivity contribution in [2.75, 3.05) is 12.3 Å². The Labute approximate surface area is 101 Å². The van der Waals surface area contributed by atoms with Crippen molar-refractivity contribution in [3.05, 3.63) is 29.8 Å². The Balaban J connectivity index is 1.81. The van der Waals surface area contributed by atoms with Gasteiger partial charge in [-0.3, -0.25) is 4.79 Å². The molecule has 1 fully saturated rings. The zero-order chi connectivity index (χ0) is 12.3. The van der Waals surface area contributed by atoms with Gasteiger partial charge in [-0.25, -0.2) is 0 Å². The van der Waals surface area contributed by atoms with Gasteiger partial charge in [-0.15, -0.1) is 0 Å². The van der Waals surface area contributed by atoms with Crippen molar-refractivity contribution in [3.63, 3.8) is 0 Å². The van der Waals surface area contributed by atoms with Crippen LogP contribution >= 0.6 is 0 Å². The number of hydrogen-bond donors (Lipinski definition) is 2. The van der Waals surface area contributed by atoms with E-state index in [-0.39, 0.29) is 11.9 Å². The minimum Gasteiger partial charge on any atom is -0.399 e. The Kier molecular flexibility index (Phi) is 3.64. The summed E-state index contributed by atoms with van der Waals surface area (Å²) in [5.74, 6) is -0.0371. The second-order valence-electron chi connectivity index (χ2n) is 4.34. The Morgan fingerprint density at radius 3 is 2.65 bits per heavy atom. The van der Waals surface area contributed by atoms with Crippen LogP contribution in [-0.4, -0.2) is 24.7 Å².